The number of nitrogens with zero attached hydrogens (tertiary/aromatic N) is 1. The minimum absolute atomic E-state index is 0.00228. The van der Waals surface area contributed by atoms with Crippen LogP contribution in [0, 0.1) is 11.8 Å². The van der Waals surface area contributed by atoms with E-state index in [1.807, 2.05) is 20.8 Å². The third-order valence-electron chi connectivity index (χ3n) is 8.82. The molecule has 0 bridgehead atoms. The maximum absolute atomic E-state index is 14.1. The molecular weight excluding hydrogens is 710 g/mol. The molecular formula is C38H57N9O8. The smallest absolute Gasteiger partial charge is 0.326 e. The number of nitrogens with two attached hydrogens (primary N) is 3. The summed E-state index contributed by atoms with van der Waals surface area (Å²) in [4.78, 5) is 83.5. The van der Waals surface area contributed by atoms with Gasteiger partial charge in [0.1, 0.15) is 36.0 Å². The van der Waals surface area contributed by atoms with Gasteiger partial charge in [-0.05, 0) is 54.4 Å². The van der Waals surface area contributed by atoms with Crippen molar-refractivity contribution in [2.24, 2.45) is 34.0 Å². The molecule has 55 heavy (non-hydrogen) atoms. The Bertz CT molecular complexity index is 1600. The molecule has 17 nitrogen and oxygen atoms in total. The molecule has 302 valence electrons. The lowest BCUT2D eigenvalue weighted by Gasteiger charge is -2.28. The lowest BCUT2D eigenvalue weighted by atomic mass is 9.97. The van der Waals surface area contributed by atoms with Gasteiger partial charge >= 0.3 is 5.97 Å². The number of aliphatic carboxylic acids is 1. The molecule has 5 amide bonds. The number of hydrogen-bond acceptors (Lipinski definition) is 9. The number of carboxylic acid groups (broad SMARTS) is 1. The SMILES string of the molecule is CCC(C)C(NC(=O)CN)C(=O)NC(CCCN=C(N)N)C(=O)NC(Cc1ccccc1)C(=O)NC(CC(C)C)C(=O)NC(Cc1ccc(O)cc1)C(=O)O. The van der Waals surface area contributed by atoms with Crippen molar-refractivity contribution in [2.75, 3.05) is 13.1 Å². The van der Waals surface area contributed by atoms with E-state index in [2.05, 4.69) is 31.6 Å². The zero-order valence-electron chi connectivity index (χ0n) is 31.9. The number of hydrogen-bond donors (Lipinski definition) is 10. The zero-order valence-corrected chi connectivity index (χ0v) is 31.9. The third kappa shape index (κ3) is 16.5. The van der Waals surface area contributed by atoms with Crippen LogP contribution in [0.25, 0.3) is 0 Å². The highest BCUT2D eigenvalue weighted by Crippen LogP contribution is 2.14. The van der Waals surface area contributed by atoms with E-state index >= 15 is 0 Å². The zero-order chi connectivity index (χ0) is 41.1. The second kappa shape index (κ2) is 23.2. The monoisotopic (exact) mass is 767 g/mol. The summed E-state index contributed by atoms with van der Waals surface area (Å²) in [7, 11) is 0. The van der Waals surface area contributed by atoms with Gasteiger partial charge in [0.15, 0.2) is 5.96 Å². The predicted octanol–water partition coefficient (Wildman–Crippen LogP) is -0.209. The maximum Gasteiger partial charge on any atom is 0.326 e. The normalized spacial score (nSPS) is 14.2. The average Bonchev–Trinajstić information content (AvgIpc) is 3.14. The van der Waals surface area contributed by atoms with Crippen LogP contribution in [0.4, 0.5) is 0 Å². The molecule has 2 aromatic carbocycles. The lowest BCUT2D eigenvalue weighted by molar-refractivity contribution is -0.142. The number of guanidine groups is 1. The van der Waals surface area contributed by atoms with Crippen LogP contribution in [0.3, 0.4) is 0 Å². The first-order chi connectivity index (χ1) is 26.0. The van der Waals surface area contributed by atoms with Crippen LogP contribution in [0.15, 0.2) is 59.6 Å². The van der Waals surface area contributed by atoms with E-state index < -0.39 is 65.7 Å². The standard InChI is InChI=1S/C38H57N9O8/c1-5-23(4)32(47-31(49)21-39)36(53)43-27(12-9-17-42-38(40)41)33(50)45-29(19-24-10-7-6-8-11-24)35(52)44-28(18-22(2)3)34(51)46-30(37(54)55)20-25-13-15-26(48)16-14-25/h6-8,10-11,13-16,22-23,27-30,32,48H,5,9,12,17-21,39H2,1-4H3,(H,43,53)(H,44,52)(H,45,50)(H,46,51)(H,47,49)(H,54,55)(H4,40,41,42). The molecule has 0 heterocycles. The van der Waals surface area contributed by atoms with Gasteiger partial charge in [-0.15, -0.1) is 0 Å². The number of carbonyl (C=O) groups is 6. The molecule has 2 aromatic rings. The van der Waals surface area contributed by atoms with Crippen molar-refractivity contribution in [3.8, 4) is 5.75 Å². The Labute approximate surface area is 321 Å². The molecule has 13 N–H and O–H groups in total. The number of rotatable bonds is 23. The van der Waals surface area contributed by atoms with Gasteiger partial charge in [-0.2, -0.15) is 0 Å². The van der Waals surface area contributed by atoms with Crippen LogP contribution >= 0.6 is 0 Å². The fourth-order valence-electron chi connectivity index (χ4n) is 5.61. The highest BCUT2D eigenvalue weighted by Gasteiger charge is 2.34. The number of nitrogens with one attached hydrogen (secondary N) is 5. The Morgan fingerprint density at radius 3 is 1.80 bits per heavy atom. The van der Waals surface area contributed by atoms with Crippen LogP contribution in [0.5, 0.6) is 5.75 Å². The first-order valence-corrected chi connectivity index (χ1v) is 18.3. The van der Waals surface area contributed by atoms with Crippen molar-refractivity contribution in [1.29, 1.82) is 0 Å². The minimum Gasteiger partial charge on any atom is -0.508 e. The summed E-state index contributed by atoms with van der Waals surface area (Å²) in [5, 5.41) is 32.8. The van der Waals surface area contributed by atoms with Crippen LogP contribution in [-0.2, 0) is 41.6 Å². The Balaban J connectivity index is 2.40. The van der Waals surface area contributed by atoms with Gasteiger partial charge in [-0.25, -0.2) is 4.79 Å². The number of aromatic hydroxyl groups is 1. The molecule has 0 aliphatic carbocycles. The number of carbonyl (C=O) groups excluding carboxylic acids is 5. The molecule has 0 aromatic heterocycles. The van der Waals surface area contributed by atoms with Gasteiger partial charge in [0, 0.05) is 19.4 Å². The van der Waals surface area contributed by atoms with Gasteiger partial charge in [0.2, 0.25) is 29.5 Å². The number of aliphatic imine (C=N–C) groups is 1. The quantitative estimate of drug-likeness (QED) is 0.0401. The van der Waals surface area contributed by atoms with E-state index in [1.54, 1.807) is 49.4 Å². The van der Waals surface area contributed by atoms with Crippen LogP contribution in [-0.4, -0.2) is 95.0 Å². The topological polar surface area (TPSA) is 293 Å². The van der Waals surface area contributed by atoms with E-state index in [4.69, 9.17) is 17.2 Å². The van der Waals surface area contributed by atoms with Crippen molar-refractivity contribution in [1.82, 2.24) is 26.6 Å². The highest BCUT2D eigenvalue weighted by atomic mass is 16.4. The van der Waals surface area contributed by atoms with E-state index in [0.717, 1.165) is 0 Å². The van der Waals surface area contributed by atoms with Crippen molar-refractivity contribution in [3.05, 3.63) is 65.7 Å². The lowest BCUT2D eigenvalue weighted by Crippen LogP contribution is -2.60. The van der Waals surface area contributed by atoms with Crippen LogP contribution < -0.4 is 43.8 Å². The first-order valence-electron chi connectivity index (χ1n) is 18.3. The molecule has 0 aliphatic rings. The third-order valence-corrected chi connectivity index (χ3v) is 8.82. The Kier molecular flexibility index (Phi) is 19.1. The van der Waals surface area contributed by atoms with Gasteiger partial charge < -0.3 is 54.0 Å². The predicted molar refractivity (Wildman–Crippen MR) is 207 cm³/mol. The fraction of sp³-hybridized carbons (Fsp3) is 0.500. The Morgan fingerprint density at radius 2 is 1.24 bits per heavy atom. The largest absolute Gasteiger partial charge is 0.508 e. The molecule has 2 rings (SSSR count). The number of phenols is 1. The van der Waals surface area contributed by atoms with Crippen molar-refractivity contribution < 1.29 is 39.0 Å². The summed E-state index contributed by atoms with van der Waals surface area (Å²) in [5.74, 6) is -5.23. The number of carboxylic acids is 1. The minimum atomic E-state index is -1.35. The van der Waals surface area contributed by atoms with E-state index in [9.17, 15) is 39.0 Å². The fourth-order valence-corrected chi connectivity index (χ4v) is 5.61. The molecule has 6 atom stereocenters. The highest BCUT2D eigenvalue weighted by molar-refractivity contribution is 5.96. The molecule has 0 spiro atoms. The summed E-state index contributed by atoms with van der Waals surface area (Å²) >= 11 is 0. The Hall–Kier alpha value is -5.71. The summed E-state index contributed by atoms with van der Waals surface area (Å²) in [6.07, 6.45) is 0.912. The van der Waals surface area contributed by atoms with Gasteiger partial charge in [0.25, 0.3) is 0 Å². The first kappa shape index (κ1) is 45.4. The Morgan fingerprint density at radius 1 is 0.709 bits per heavy atom. The molecule has 6 unspecified atom stereocenters. The summed E-state index contributed by atoms with van der Waals surface area (Å²) < 4.78 is 0. The van der Waals surface area contributed by atoms with Gasteiger partial charge in [0.05, 0.1) is 6.54 Å². The van der Waals surface area contributed by atoms with Crippen molar-refractivity contribution in [3.63, 3.8) is 0 Å². The van der Waals surface area contributed by atoms with Crippen LogP contribution in [0.1, 0.15) is 64.5 Å². The number of amides is 5. The molecule has 0 saturated carbocycles. The summed E-state index contributed by atoms with van der Waals surface area (Å²) in [6, 6.07) is 8.76. The number of phenolic OH excluding ortho intramolecular Hbond substituents is 1. The average molecular weight is 768 g/mol. The second-order valence-electron chi connectivity index (χ2n) is 13.9. The molecule has 0 saturated heterocycles. The van der Waals surface area contributed by atoms with E-state index in [1.165, 1.54) is 12.1 Å². The van der Waals surface area contributed by atoms with Gasteiger partial charge in [-0.3, -0.25) is 29.0 Å². The van der Waals surface area contributed by atoms with E-state index in [0.29, 0.717) is 17.5 Å². The van der Waals surface area contributed by atoms with Crippen LogP contribution in [0.2, 0.25) is 0 Å². The van der Waals surface area contributed by atoms with Crippen molar-refractivity contribution in [2.45, 2.75) is 96.4 Å². The molecule has 0 aliphatic heterocycles. The van der Waals surface area contributed by atoms with E-state index in [-0.39, 0.29) is 68.7 Å². The molecule has 0 radical (unpaired) electrons. The summed E-state index contributed by atoms with van der Waals surface area (Å²) in [5.41, 5.74) is 17.6. The van der Waals surface area contributed by atoms with Crippen molar-refractivity contribution >= 4 is 41.5 Å². The second-order valence-corrected chi connectivity index (χ2v) is 13.9. The molecule has 0 fully saturated rings. The maximum atomic E-state index is 14.1. The van der Waals surface area contributed by atoms with Gasteiger partial charge in [-0.1, -0.05) is 76.6 Å². The summed E-state index contributed by atoms with van der Waals surface area (Å²) in [6.45, 7) is 7.08. The number of benzene rings is 2. The molecule has 17 heteroatoms.